The molecule has 1 nitrogen and oxygen atoms in total. The van der Waals surface area contributed by atoms with Crippen molar-refractivity contribution < 1.29 is 13.2 Å². The summed E-state index contributed by atoms with van der Waals surface area (Å²) in [6, 6.07) is -0.565. The molecular weight excluding hydrogens is 223 g/mol. The molecule has 1 aliphatic heterocycles. The third-order valence-electron chi connectivity index (χ3n) is 1.61. The van der Waals surface area contributed by atoms with E-state index in [1.54, 1.807) is 0 Å². The highest BCUT2D eigenvalue weighted by Crippen LogP contribution is 2.34. The van der Waals surface area contributed by atoms with Crippen molar-refractivity contribution in [3.63, 3.8) is 0 Å². The Morgan fingerprint density at radius 1 is 1.55 bits per heavy atom. The van der Waals surface area contributed by atoms with Crippen LogP contribution in [0.3, 0.4) is 0 Å². The number of halogens is 4. The summed E-state index contributed by atoms with van der Waals surface area (Å²) in [5, 5.41) is 2.63. The molecule has 5 heteroatoms. The summed E-state index contributed by atoms with van der Waals surface area (Å²) < 4.78 is 36.7. The minimum Gasteiger partial charge on any atom is -0.376 e. The van der Waals surface area contributed by atoms with Crippen LogP contribution in [0.15, 0.2) is 10.7 Å². The fraction of sp³-hybridized carbons (Fsp3) is 0.667. The fourth-order valence-corrected chi connectivity index (χ4v) is 1.68. The van der Waals surface area contributed by atoms with Gasteiger partial charge < -0.3 is 5.32 Å². The zero-order valence-corrected chi connectivity index (χ0v) is 7.33. The number of rotatable bonds is 0. The van der Waals surface area contributed by atoms with Crippen molar-refractivity contribution in [1.29, 1.82) is 0 Å². The summed E-state index contributed by atoms with van der Waals surface area (Å²) >= 11 is 2.96. The summed E-state index contributed by atoms with van der Waals surface area (Å²) in [6.45, 7) is 1.50. The number of hydrogen-bond acceptors (Lipinski definition) is 1. The van der Waals surface area contributed by atoms with Crippen molar-refractivity contribution in [3.8, 4) is 0 Å². The van der Waals surface area contributed by atoms with Crippen LogP contribution < -0.4 is 5.32 Å². The van der Waals surface area contributed by atoms with Crippen molar-refractivity contribution in [1.82, 2.24) is 5.32 Å². The van der Waals surface area contributed by atoms with Crippen molar-refractivity contribution >= 4 is 15.9 Å². The normalized spacial score (nSPS) is 31.5. The van der Waals surface area contributed by atoms with Crippen LogP contribution in [0.1, 0.15) is 6.92 Å². The molecule has 1 N–H and O–H groups in total. The standard InChI is InChI=1S/C6H7BrF3N/c1-3-4(6(8,9)10)2-5(7)11-3/h2-4,11H,1H3. The van der Waals surface area contributed by atoms with Crippen molar-refractivity contribution in [3.05, 3.63) is 10.7 Å². The van der Waals surface area contributed by atoms with Gasteiger partial charge in [0.2, 0.25) is 0 Å². The zero-order valence-electron chi connectivity index (χ0n) is 5.74. The molecule has 0 saturated heterocycles. The molecule has 0 radical (unpaired) electrons. The van der Waals surface area contributed by atoms with Gasteiger partial charge in [0.25, 0.3) is 0 Å². The molecule has 0 spiro atoms. The maximum atomic E-state index is 12.1. The molecule has 0 aromatic rings. The van der Waals surface area contributed by atoms with Gasteiger partial charge in [-0.25, -0.2) is 0 Å². The van der Waals surface area contributed by atoms with Gasteiger partial charge in [0.15, 0.2) is 0 Å². The van der Waals surface area contributed by atoms with Gasteiger partial charge in [-0.3, -0.25) is 0 Å². The van der Waals surface area contributed by atoms with Gasteiger partial charge in [-0.2, -0.15) is 13.2 Å². The maximum absolute atomic E-state index is 12.1. The van der Waals surface area contributed by atoms with E-state index in [4.69, 9.17) is 0 Å². The Morgan fingerprint density at radius 3 is 2.27 bits per heavy atom. The molecule has 0 aromatic heterocycles. The lowest BCUT2D eigenvalue weighted by atomic mass is 10.0. The SMILES string of the molecule is CC1NC(Br)=CC1C(F)(F)F. The first-order chi connectivity index (χ1) is 4.91. The highest BCUT2D eigenvalue weighted by Gasteiger charge is 2.44. The highest BCUT2D eigenvalue weighted by molar-refractivity contribution is 9.11. The van der Waals surface area contributed by atoms with Gasteiger partial charge in [0, 0.05) is 6.04 Å². The van der Waals surface area contributed by atoms with Crippen LogP contribution in [-0.2, 0) is 0 Å². The lowest BCUT2D eigenvalue weighted by Gasteiger charge is -2.17. The Morgan fingerprint density at radius 2 is 2.09 bits per heavy atom. The monoisotopic (exact) mass is 229 g/mol. The first kappa shape index (κ1) is 8.90. The minimum absolute atomic E-state index is 0.423. The highest BCUT2D eigenvalue weighted by atomic mass is 79.9. The van der Waals surface area contributed by atoms with Gasteiger partial charge in [-0.1, -0.05) is 0 Å². The van der Waals surface area contributed by atoms with Crippen LogP contribution in [0.25, 0.3) is 0 Å². The molecule has 0 amide bonds. The van der Waals surface area contributed by atoms with Gasteiger partial charge in [0.05, 0.1) is 10.5 Å². The molecule has 64 valence electrons. The van der Waals surface area contributed by atoms with Crippen LogP contribution in [0.2, 0.25) is 0 Å². The van der Waals surface area contributed by atoms with E-state index in [0.29, 0.717) is 4.61 Å². The van der Waals surface area contributed by atoms with E-state index in [2.05, 4.69) is 21.2 Å². The van der Waals surface area contributed by atoms with Crippen LogP contribution in [0, 0.1) is 5.92 Å². The van der Waals surface area contributed by atoms with Gasteiger partial charge >= 0.3 is 6.18 Å². The molecule has 0 bridgehead atoms. The minimum atomic E-state index is -4.14. The van der Waals surface area contributed by atoms with E-state index < -0.39 is 18.1 Å². The van der Waals surface area contributed by atoms with Crippen LogP contribution in [0.5, 0.6) is 0 Å². The Kier molecular flexibility index (Phi) is 2.18. The van der Waals surface area contributed by atoms with Gasteiger partial charge in [0.1, 0.15) is 0 Å². The van der Waals surface area contributed by atoms with E-state index in [1.165, 1.54) is 6.92 Å². The summed E-state index contributed by atoms with van der Waals surface area (Å²) in [7, 11) is 0. The quantitative estimate of drug-likeness (QED) is 0.630. The predicted molar refractivity (Wildman–Crippen MR) is 39.2 cm³/mol. The third-order valence-corrected chi connectivity index (χ3v) is 2.10. The van der Waals surface area contributed by atoms with E-state index >= 15 is 0 Å². The molecule has 0 saturated carbocycles. The van der Waals surface area contributed by atoms with E-state index in [0.717, 1.165) is 6.08 Å². The summed E-state index contributed by atoms with van der Waals surface area (Å²) in [5.41, 5.74) is 0. The Labute approximate surface area is 70.8 Å². The second-order valence-corrected chi connectivity index (χ2v) is 3.37. The molecule has 1 rings (SSSR count). The molecule has 1 aliphatic rings. The molecule has 2 unspecified atom stereocenters. The molecular formula is C6H7BrF3N. The smallest absolute Gasteiger partial charge is 0.376 e. The Hall–Kier alpha value is -0.190. The molecule has 1 heterocycles. The molecule has 0 aliphatic carbocycles. The molecule has 11 heavy (non-hydrogen) atoms. The van der Waals surface area contributed by atoms with E-state index in [-0.39, 0.29) is 0 Å². The Balaban J connectivity index is 2.74. The molecule has 2 atom stereocenters. The van der Waals surface area contributed by atoms with Gasteiger partial charge in [-0.15, -0.1) is 0 Å². The molecule has 0 fully saturated rings. The number of alkyl halides is 3. The third kappa shape index (κ3) is 1.89. The lowest BCUT2D eigenvalue weighted by molar-refractivity contribution is -0.164. The summed E-state index contributed by atoms with van der Waals surface area (Å²) in [6.07, 6.45) is -2.99. The van der Waals surface area contributed by atoms with E-state index in [1.807, 2.05) is 0 Å². The summed E-state index contributed by atoms with van der Waals surface area (Å²) in [4.78, 5) is 0. The van der Waals surface area contributed by atoms with E-state index in [9.17, 15) is 13.2 Å². The van der Waals surface area contributed by atoms with Crippen molar-refractivity contribution in [2.24, 2.45) is 5.92 Å². The summed E-state index contributed by atoms with van der Waals surface area (Å²) in [5.74, 6) is -1.36. The van der Waals surface area contributed by atoms with Gasteiger partial charge in [-0.05, 0) is 28.9 Å². The van der Waals surface area contributed by atoms with Crippen LogP contribution in [0.4, 0.5) is 13.2 Å². The lowest BCUT2D eigenvalue weighted by Crippen LogP contribution is -2.33. The maximum Gasteiger partial charge on any atom is 0.397 e. The topological polar surface area (TPSA) is 12.0 Å². The fourth-order valence-electron chi connectivity index (χ4n) is 1.04. The van der Waals surface area contributed by atoms with Crippen LogP contribution >= 0.6 is 15.9 Å². The first-order valence-corrected chi connectivity index (χ1v) is 3.91. The average molecular weight is 230 g/mol. The molecule has 0 aromatic carbocycles. The Bertz CT molecular complexity index is 187. The second kappa shape index (κ2) is 2.69. The number of nitrogens with one attached hydrogen (secondary N) is 1. The largest absolute Gasteiger partial charge is 0.397 e. The zero-order chi connectivity index (χ0) is 8.65. The average Bonchev–Trinajstić information content (AvgIpc) is 2.08. The van der Waals surface area contributed by atoms with Crippen molar-refractivity contribution in [2.75, 3.05) is 0 Å². The number of hydrogen-bond donors (Lipinski definition) is 1. The second-order valence-electron chi connectivity index (χ2n) is 2.52. The predicted octanol–water partition coefficient (Wildman–Crippen LogP) is 2.39. The first-order valence-electron chi connectivity index (χ1n) is 3.12. The van der Waals surface area contributed by atoms with Crippen LogP contribution in [-0.4, -0.2) is 12.2 Å². The van der Waals surface area contributed by atoms with Crippen molar-refractivity contribution in [2.45, 2.75) is 19.1 Å².